The molecule has 2 amide bonds. The second-order valence-electron chi connectivity index (χ2n) is 6.42. The molecule has 0 heterocycles. The van der Waals surface area contributed by atoms with Gasteiger partial charge in [0.1, 0.15) is 0 Å². The van der Waals surface area contributed by atoms with Gasteiger partial charge in [-0.3, -0.25) is 4.79 Å². The molecule has 0 aliphatic heterocycles. The number of carbonyl (C=O) groups excluding carboxylic acids is 2. The molecule has 1 atom stereocenters. The summed E-state index contributed by atoms with van der Waals surface area (Å²) in [7, 11) is -3.90. The summed E-state index contributed by atoms with van der Waals surface area (Å²) in [5, 5.41) is 10.6. The summed E-state index contributed by atoms with van der Waals surface area (Å²) >= 11 is 0. The maximum atomic E-state index is 12.5. The third kappa shape index (κ3) is 7.01. The molecule has 0 aliphatic rings. The van der Waals surface area contributed by atoms with E-state index in [2.05, 4.69) is 10.6 Å². The van der Waals surface area contributed by atoms with Crippen molar-refractivity contribution >= 4 is 22.0 Å². The van der Waals surface area contributed by atoms with Gasteiger partial charge in [0.2, 0.25) is 10.0 Å². The molecular formula is C17H27N3O5S. The van der Waals surface area contributed by atoms with E-state index < -0.39 is 22.0 Å². The minimum Gasteiger partial charge on any atom is -0.450 e. The first-order valence-corrected chi connectivity index (χ1v) is 9.94. The summed E-state index contributed by atoms with van der Waals surface area (Å²) in [5.41, 5.74) is 0.838. The average Bonchev–Trinajstić information content (AvgIpc) is 2.51. The molecule has 0 aliphatic carbocycles. The van der Waals surface area contributed by atoms with Crippen molar-refractivity contribution in [2.45, 2.75) is 45.1 Å². The van der Waals surface area contributed by atoms with Gasteiger partial charge in [-0.1, -0.05) is 19.9 Å². The number of hydrogen-bond acceptors (Lipinski definition) is 5. The third-order valence-corrected chi connectivity index (χ3v) is 4.56. The first-order valence-electron chi connectivity index (χ1n) is 8.39. The van der Waals surface area contributed by atoms with Crippen LogP contribution in [0.15, 0.2) is 23.1 Å². The van der Waals surface area contributed by atoms with Gasteiger partial charge < -0.3 is 15.4 Å². The van der Waals surface area contributed by atoms with Gasteiger partial charge in [0.05, 0.1) is 11.5 Å². The van der Waals surface area contributed by atoms with E-state index in [1.165, 1.54) is 18.2 Å². The lowest BCUT2D eigenvalue weighted by molar-refractivity contribution is 0.0943. The Kier molecular flexibility index (Phi) is 8.04. The number of nitrogens with two attached hydrogens (primary N) is 1. The van der Waals surface area contributed by atoms with Crippen molar-refractivity contribution in [3.63, 3.8) is 0 Å². The van der Waals surface area contributed by atoms with Crippen LogP contribution in [0.3, 0.4) is 0 Å². The Hall–Kier alpha value is -2.13. The summed E-state index contributed by atoms with van der Waals surface area (Å²) in [4.78, 5) is 24.0. The van der Waals surface area contributed by atoms with Crippen LogP contribution >= 0.6 is 0 Å². The quantitative estimate of drug-likeness (QED) is 0.625. The lowest BCUT2D eigenvalue weighted by Crippen LogP contribution is -2.44. The van der Waals surface area contributed by atoms with E-state index in [0.717, 1.165) is 0 Å². The lowest BCUT2D eigenvalue weighted by atomic mass is 10.0. The maximum absolute atomic E-state index is 12.5. The fourth-order valence-electron chi connectivity index (χ4n) is 2.44. The van der Waals surface area contributed by atoms with Crippen LogP contribution in [0.1, 0.15) is 43.1 Å². The smallest absolute Gasteiger partial charge is 0.407 e. The van der Waals surface area contributed by atoms with Crippen molar-refractivity contribution in [2.24, 2.45) is 11.1 Å². The zero-order valence-electron chi connectivity index (χ0n) is 15.5. The highest BCUT2D eigenvalue weighted by Crippen LogP contribution is 2.14. The van der Waals surface area contributed by atoms with Gasteiger partial charge in [0.15, 0.2) is 0 Å². The molecule has 0 aromatic heterocycles. The normalized spacial score (nSPS) is 12.5. The van der Waals surface area contributed by atoms with Crippen LogP contribution < -0.4 is 15.8 Å². The number of nitrogens with one attached hydrogen (secondary N) is 2. The van der Waals surface area contributed by atoms with Gasteiger partial charge in [0, 0.05) is 18.2 Å². The third-order valence-electron chi connectivity index (χ3n) is 3.64. The molecule has 146 valence electrons. The number of sulfonamides is 1. The highest BCUT2D eigenvalue weighted by molar-refractivity contribution is 7.89. The lowest BCUT2D eigenvalue weighted by Gasteiger charge is -2.21. The van der Waals surface area contributed by atoms with E-state index in [0.29, 0.717) is 17.9 Å². The van der Waals surface area contributed by atoms with Crippen molar-refractivity contribution in [2.75, 3.05) is 13.2 Å². The van der Waals surface area contributed by atoms with Crippen molar-refractivity contribution < 1.29 is 22.7 Å². The Balaban J connectivity index is 2.86. The number of amides is 2. The largest absolute Gasteiger partial charge is 0.450 e. The summed E-state index contributed by atoms with van der Waals surface area (Å²) in [6.45, 7) is 7.86. The fraction of sp³-hybridized carbons (Fsp3) is 0.529. The molecule has 1 rings (SSSR count). The van der Waals surface area contributed by atoms with E-state index >= 15 is 0 Å². The predicted molar refractivity (Wildman–Crippen MR) is 98.3 cm³/mol. The van der Waals surface area contributed by atoms with Gasteiger partial charge >= 0.3 is 6.09 Å². The summed E-state index contributed by atoms with van der Waals surface area (Å²) in [6.07, 6.45) is 0.106. The predicted octanol–water partition coefficient (Wildman–Crippen LogP) is 1.53. The molecule has 0 saturated carbocycles. The first kappa shape index (κ1) is 21.9. The van der Waals surface area contributed by atoms with Crippen molar-refractivity contribution in [1.29, 1.82) is 0 Å². The Morgan fingerprint density at radius 2 is 1.92 bits per heavy atom. The maximum Gasteiger partial charge on any atom is 0.407 e. The highest BCUT2D eigenvalue weighted by Gasteiger charge is 2.18. The van der Waals surface area contributed by atoms with Crippen LogP contribution in [0, 0.1) is 12.8 Å². The monoisotopic (exact) mass is 385 g/mol. The second-order valence-corrected chi connectivity index (χ2v) is 7.98. The Labute approximate surface area is 154 Å². The van der Waals surface area contributed by atoms with Crippen LogP contribution in [0.25, 0.3) is 0 Å². The molecule has 1 aromatic rings. The number of rotatable bonds is 8. The van der Waals surface area contributed by atoms with Crippen molar-refractivity contribution in [3.05, 3.63) is 29.3 Å². The molecule has 0 saturated heterocycles. The van der Waals surface area contributed by atoms with E-state index in [4.69, 9.17) is 9.88 Å². The average molecular weight is 385 g/mol. The SMILES string of the molecule is CCOC(=O)NC(CNC(=O)c1cc(S(N)(=O)=O)ccc1C)CC(C)C. The Morgan fingerprint density at radius 3 is 2.46 bits per heavy atom. The first-order chi connectivity index (χ1) is 12.0. The minimum absolute atomic E-state index is 0.128. The number of carbonyl (C=O) groups is 2. The van der Waals surface area contributed by atoms with Crippen LogP contribution in [-0.4, -0.2) is 39.6 Å². The number of ether oxygens (including phenoxy) is 1. The molecule has 26 heavy (non-hydrogen) atoms. The summed E-state index contributed by atoms with van der Waals surface area (Å²) in [6, 6.07) is 3.82. The molecule has 0 spiro atoms. The van der Waals surface area contributed by atoms with Crippen LogP contribution in [-0.2, 0) is 14.8 Å². The Bertz CT molecular complexity index is 747. The van der Waals surface area contributed by atoms with Crippen LogP contribution in [0.4, 0.5) is 4.79 Å². The number of alkyl carbamates (subject to hydrolysis) is 1. The van der Waals surface area contributed by atoms with Gasteiger partial charge in [0.25, 0.3) is 5.91 Å². The highest BCUT2D eigenvalue weighted by atomic mass is 32.2. The van der Waals surface area contributed by atoms with Gasteiger partial charge in [-0.2, -0.15) is 0 Å². The Morgan fingerprint density at radius 1 is 1.27 bits per heavy atom. The number of hydrogen-bond donors (Lipinski definition) is 3. The van der Waals surface area contributed by atoms with E-state index in [1.807, 2.05) is 13.8 Å². The fourth-order valence-corrected chi connectivity index (χ4v) is 2.98. The van der Waals surface area contributed by atoms with E-state index in [9.17, 15) is 18.0 Å². The molecule has 1 unspecified atom stereocenters. The van der Waals surface area contributed by atoms with Gasteiger partial charge in [-0.05, 0) is 43.9 Å². The molecule has 9 heteroatoms. The van der Waals surface area contributed by atoms with Crippen LogP contribution in [0.2, 0.25) is 0 Å². The van der Waals surface area contributed by atoms with E-state index in [-0.39, 0.29) is 29.7 Å². The van der Waals surface area contributed by atoms with Gasteiger partial charge in [-0.25, -0.2) is 18.4 Å². The number of primary sulfonamides is 1. The van der Waals surface area contributed by atoms with Gasteiger partial charge in [-0.15, -0.1) is 0 Å². The molecule has 0 radical (unpaired) electrons. The zero-order chi connectivity index (χ0) is 19.9. The zero-order valence-corrected chi connectivity index (χ0v) is 16.4. The molecule has 4 N–H and O–H groups in total. The molecule has 0 fully saturated rings. The second kappa shape index (κ2) is 9.54. The summed E-state index contributed by atoms with van der Waals surface area (Å²) < 4.78 is 27.8. The van der Waals surface area contributed by atoms with Crippen molar-refractivity contribution in [1.82, 2.24) is 10.6 Å². The number of aryl methyl sites for hydroxylation is 1. The molecule has 0 bridgehead atoms. The molecule has 1 aromatic carbocycles. The van der Waals surface area contributed by atoms with E-state index in [1.54, 1.807) is 13.8 Å². The molecule has 8 nitrogen and oxygen atoms in total. The standard InChI is InChI=1S/C17H27N3O5S/c1-5-25-17(22)20-13(8-11(2)3)10-19-16(21)15-9-14(26(18,23)24)7-6-12(15)4/h6-7,9,11,13H,5,8,10H2,1-4H3,(H,19,21)(H,20,22)(H2,18,23,24). The number of benzene rings is 1. The van der Waals surface area contributed by atoms with Crippen molar-refractivity contribution in [3.8, 4) is 0 Å². The minimum atomic E-state index is -3.90. The van der Waals surface area contributed by atoms with Crippen LogP contribution in [0.5, 0.6) is 0 Å². The topological polar surface area (TPSA) is 128 Å². The molecular weight excluding hydrogens is 358 g/mol. The summed E-state index contributed by atoms with van der Waals surface area (Å²) in [5.74, 6) is -0.140.